The van der Waals surface area contributed by atoms with Crippen molar-refractivity contribution in [2.45, 2.75) is 13.5 Å². The van der Waals surface area contributed by atoms with Crippen LogP contribution in [-0.2, 0) is 6.54 Å². The highest BCUT2D eigenvalue weighted by molar-refractivity contribution is 7.11. The number of aryl methyl sites for hydroxylation is 1. The van der Waals surface area contributed by atoms with Crippen molar-refractivity contribution in [3.8, 4) is 5.69 Å². The molecule has 1 N–H and O–H groups in total. The number of nitrogens with zero attached hydrogens (tertiary/aromatic N) is 3. The summed E-state index contributed by atoms with van der Waals surface area (Å²) in [6.07, 6.45) is 2.85. The van der Waals surface area contributed by atoms with Crippen LogP contribution in [0.4, 0.5) is 10.1 Å². The minimum Gasteiger partial charge on any atom is -0.380 e. The zero-order chi connectivity index (χ0) is 13.9. The SMILES string of the molecule is Cc1ccc(CNc2ccc(-n3cncn3)c(F)c2)s1. The van der Waals surface area contributed by atoms with Gasteiger partial charge >= 0.3 is 0 Å². The Kier molecular flexibility index (Phi) is 3.47. The fourth-order valence-electron chi connectivity index (χ4n) is 1.90. The molecular formula is C14H13FN4S. The molecule has 0 radical (unpaired) electrons. The molecule has 6 heteroatoms. The predicted molar refractivity (Wildman–Crippen MR) is 77.7 cm³/mol. The number of hydrogen-bond acceptors (Lipinski definition) is 4. The van der Waals surface area contributed by atoms with E-state index in [9.17, 15) is 4.39 Å². The number of benzene rings is 1. The number of rotatable bonds is 4. The largest absolute Gasteiger partial charge is 0.380 e. The van der Waals surface area contributed by atoms with E-state index in [2.05, 4.69) is 34.5 Å². The third-order valence-electron chi connectivity index (χ3n) is 2.88. The van der Waals surface area contributed by atoms with Gasteiger partial charge in [-0.25, -0.2) is 14.1 Å². The number of thiophene rings is 1. The molecule has 2 heterocycles. The fraction of sp³-hybridized carbons (Fsp3) is 0.143. The van der Waals surface area contributed by atoms with E-state index >= 15 is 0 Å². The van der Waals surface area contributed by atoms with E-state index in [4.69, 9.17) is 0 Å². The van der Waals surface area contributed by atoms with Crippen LogP contribution in [0, 0.1) is 12.7 Å². The quantitative estimate of drug-likeness (QED) is 0.800. The van der Waals surface area contributed by atoms with Gasteiger partial charge in [0.2, 0.25) is 0 Å². The highest BCUT2D eigenvalue weighted by Gasteiger charge is 2.06. The molecule has 0 amide bonds. The maximum atomic E-state index is 14.0. The van der Waals surface area contributed by atoms with Gasteiger partial charge in [0.1, 0.15) is 18.3 Å². The first kappa shape index (κ1) is 12.8. The van der Waals surface area contributed by atoms with Crippen LogP contribution in [0.25, 0.3) is 5.69 Å². The first-order chi connectivity index (χ1) is 9.72. The molecule has 0 atom stereocenters. The molecular weight excluding hydrogens is 275 g/mol. The Bertz CT molecular complexity index is 706. The molecule has 1 aromatic carbocycles. The average molecular weight is 288 g/mol. The van der Waals surface area contributed by atoms with Gasteiger partial charge < -0.3 is 5.32 Å². The summed E-state index contributed by atoms with van der Waals surface area (Å²) >= 11 is 1.73. The summed E-state index contributed by atoms with van der Waals surface area (Å²) in [6, 6.07) is 9.15. The first-order valence-corrected chi connectivity index (χ1v) is 6.98. The molecule has 3 rings (SSSR count). The molecule has 20 heavy (non-hydrogen) atoms. The van der Waals surface area contributed by atoms with Crippen molar-refractivity contribution in [1.29, 1.82) is 0 Å². The summed E-state index contributed by atoms with van der Waals surface area (Å²) in [6.45, 7) is 2.77. The minimum absolute atomic E-state index is 0.331. The molecule has 0 saturated heterocycles. The molecule has 0 aliphatic carbocycles. The summed E-state index contributed by atoms with van der Waals surface area (Å²) in [5, 5.41) is 7.13. The van der Waals surface area contributed by atoms with Gasteiger partial charge in [0, 0.05) is 22.0 Å². The third kappa shape index (κ3) is 2.70. The van der Waals surface area contributed by atoms with Crippen molar-refractivity contribution in [3.05, 3.63) is 58.6 Å². The van der Waals surface area contributed by atoms with Gasteiger partial charge in [-0.1, -0.05) is 0 Å². The molecule has 0 unspecified atom stereocenters. The van der Waals surface area contributed by atoms with Gasteiger partial charge in [-0.15, -0.1) is 11.3 Å². The monoisotopic (exact) mass is 288 g/mol. The van der Waals surface area contributed by atoms with E-state index < -0.39 is 0 Å². The van der Waals surface area contributed by atoms with Crippen molar-refractivity contribution in [1.82, 2.24) is 14.8 Å². The maximum absolute atomic E-state index is 14.0. The van der Waals surface area contributed by atoms with Gasteiger partial charge in [0.05, 0.1) is 0 Å². The molecule has 0 spiro atoms. The summed E-state index contributed by atoms with van der Waals surface area (Å²) < 4.78 is 15.4. The highest BCUT2D eigenvalue weighted by atomic mass is 32.1. The van der Waals surface area contributed by atoms with Gasteiger partial charge in [-0.2, -0.15) is 5.10 Å². The summed E-state index contributed by atoms with van der Waals surface area (Å²) in [4.78, 5) is 6.31. The molecule has 0 aliphatic heterocycles. The normalized spacial score (nSPS) is 10.7. The molecule has 0 fully saturated rings. The number of anilines is 1. The molecule has 0 bridgehead atoms. The number of aromatic nitrogens is 3. The zero-order valence-corrected chi connectivity index (χ0v) is 11.7. The van der Waals surface area contributed by atoms with E-state index in [1.165, 1.54) is 33.2 Å². The first-order valence-electron chi connectivity index (χ1n) is 6.16. The Labute approximate surface area is 119 Å². The van der Waals surface area contributed by atoms with E-state index in [0.29, 0.717) is 12.2 Å². The van der Waals surface area contributed by atoms with E-state index in [0.717, 1.165) is 5.69 Å². The van der Waals surface area contributed by atoms with Crippen LogP contribution in [-0.4, -0.2) is 14.8 Å². The Morgan fingerprint density at radius 3 is 2.85 bits per heavy atom. The van der Waals surface area contributed by atoms with Gasteiger partial charge in [0.25, 0.3) is 0 Å². The second kappa shape index (κ2) is 5.42. The lowest BCUT2D eigenvalue weighted by Crippen LogP contribution is -2.01. The molecule has 4 nitrogen and oxygen atoms in total. The second-order valence-electron chi connectivity index (χ2n) is 4.37. The Hall–Kier alpha value is -2.21. The lowest BCUT2D eigenvalue weighted by atomic mass is 10.2. The lowest BCUT2D eigenvalue weighted by molar-refractivity contribution is 0.611. The van der Waals surface area contributed by atoms with E-state index in [-0.39, 0.29) is 5.82 Å². The molecule has 0 saturated carbocycles. The Morgan fingerprint density at radius 1 is 1.30 bits per heavy atom. The van der Waals surface area contributed by atoms with Crippen molar-refractivity contribution in [3.63, 3.8) is 0 Å². The Morgan fingerprint density at radius 2 is 2.20 bits per heavy atom. The lowest BCUT2D eigenvalue weighted by Gasteiger charge is -2.07. The van der Waals surface area contributed by atoms with Crippen molar-refractivity contribution < 1.29 is 4.39 Å². The summed E-state index contributed by atoms with van der Waals surface area (Å²) in [5.74, 6) is -0.331. The highest BCUT2D eigenvalue weighted by Crippen LogP contribution is 2.20. The van der Waals surface area contributed by atoms with E-state index in [1.54, 1.807) is 17.4 Å². The predicted octanol–water partition coefficient (Wildman–Crippen LogP) is 3.39. The van der Waals surface area contributed by atoms with Crippen LogP contribution in [0.5, 0.6) is 0 Å². The van der Waals surface area contributed by atoms with Gasteiger partial charge in [-0.05, 0) is 37.3 Å². The standard InChI is InChI=1S/C14H13FN4S/c1-10-2-4-12(20-10)7-17-11-3-5-14(13(15)6-11)19-9-16-8-18-19/h2-6,8-9,17H,7H2,1H3. The molecule has 102 valence electrons. The second-order valence-corrected chi connectivity index (χ2v) is 5.74. The number of nitrogens with one attached hydrogen (secondary N) is 1. The zero-order valence-electron chi connectivity index (χ0n) is 10.9. The van der Waals surface area contributed by atoms with Crippen LogP contribution in [0.3, 0.4) is 0 Å². The molecule has 3 aromatic rings. The van der Waals surface area contributed by atoms with Crippen LogP contribution < -0.4 is 5.32 Å². The average Bonchev–Trinajstić information content (AvgIpc) is 3.08. The topological polar surface area (TPSA) is 42.7 Å². The fourth-order valence-corrected chi connectivity index (χ4v) is 2.73. The summed E-state index contributed by atoms with van der Waals surface area (Å²) in [7, 11) is 0. The molecule has 0 aliphatic rings. The number of hydrogen-bond donors (Lipinski definition) is 1. The van der Waals surface area contributed by atoms with Crippen molar-refractivity contribution in [2.75, 3.05) is 5.32 Å². The smallest absolute Gasteiger partial charge is 0.150 e. The third-order valence-corrected chi connectivity index (χ3v) is 3.88. The van der Waals surface area contributed by atoms with Crippen molar-refractivity contribution >= 4 is 17.0 Å². The maximum Gasteiger partial charge on any atom is 0.150 e. The van der Waals surface area contributed by atoms with Crippen LogP contribution >= 0.6 is 11.3 Å². The van der Waals surface area contributed by atoms with Crippen LogP contribution in [0.1, 0.15) is 9.75 Å². The Balaban J connectivity index is 1.74. The van der Waals surface area contributed by atoms with E-state index in [1.807, 2.05) is 6.07 Å². The van der Waals surface area contributed by atoms with Crippen LogP contribution in [0.2, 0.25) is 0 Å². The number of halogens is 1. The van der Waals surface area contributed by atoms with Crippen LogP contribution in [0.15, 0.2) is 43.0 Å². The molecule has 2 aromatic heterocycles. The van der Waals surface area contributed by atoms with Gasteiger partial charge in [-0.3, -0.25) is 0 Å². The minimum atomic E-state index is -0.331. The van der Waals surface area contributed by atoms with Crippen molar-refractivity contribution in [2.24, 2.45) is 0 Å². The summed E-state index contributed by atoms with van der Waals surface area (Å²) in [5.41, 5.74) is 1.14. The van der Waals surface area contributed by atoms with Gasteiger partial charge in [0.15, 0.2) is 5.82 Å².